The summed E-state index contributed by atoms with van der Waals surface area (Å²) in [6.07, 6.45) is -2.56. The lowest BCUT2D eigenvalue weighted by molar-refractivity contribution is -0.137. The number of alkyl halides is 3. The Bertz CT molecular complexity index is 698. The minimum Gasteiger partial charge on any atom is -0.391 e. The molecule has 0 aromatic heterocycles. The van der Waals surface area contributed by atoms with E-state index in [1.54, 1.807) is 4.90 Å². The highest BCUT2D eigenvalue weighted by atomic mass is 19.4. The fraction of sp³-hybridized carbons (Fsp3) is 0.375. The number of piperidine rings is 1. The van der Waals surface area contributed by atoms with Crippen molar-refractivity contribution in [2.24, 2.45) is 0 Å². The molecular formula is C16H15F3N2O3. The van der Waals surface area contributed by atoms with Gasteiger partial charge in [-0.05, 0) is 37.1 Å². The van der Waals surface area contributed by atoms with Crippen LogP contribution in [0.4, 0.5) is 18.9 Å². The molecule has 1 aromatic carbocycles. The highest BCUT2D eigenvalue weighted by Gasteiger charge is 2.37. The van der Waals surface area contributed by atoms with E-state index in [0.717, 1.165) is 35.2 Å². The maximum Gasteiger partial charge on any atom is 0.416 e. The van der Waals surface area contributed by atoms with Crippen LogP contribution in [0.2, 0.25) is 0 Å². The van der Waals surface area contributed by atoms with Gasteiger partial charge < -0.3 is 10.0 Å². The Kier molecular flexibility index (Phi) is 4.08. The molecule has 128 valence electrons. The van der Waals surface area contributed by atoms with E-state index in [-0.39, 0.29) is 17.9 Å². The molecule has 1 fully saturated rings. The first-order valence-electron chi connectivity index (χ1n) is 7.48. The number of nitrogens with zero attached hydrogens (tertiary/aromatic N) is 2. The summed E-state index contributed by atoms with van der Waals surface area (Å²) in [5.41, 5.74) is -0.599. The lowest BCUT2D eigenvalue weighted by atomic mass is 10.1. The summed E-state index contributed by atoms with van der Waals surface area (Å²) in [6, 6.07) is 3.86. The number of aliphatic hydroxyl groups is 1. The molecule has 2 amide bonds. The first kappa shape index (κ1) is 16.5. The van der Waals surface area contributed by atoms with Gasteiger partial charge in [0.15, 0.2) is 0 Å². The fourth-order valence-electron chi connectivity index (χ4n) is 2.90. The standard InChI is InChI=1S/C16H15F3N2O3/c17-16(18,19)10-3-5-11(6-4-10)21-14(23)8-13(15(21)24)20-7-1-2-12(22)9-20/h3-6,8,12,22H,1-2,7,9H2/t12-/m0/s1. The molecule has 1 aromatic rings. The topological polar surface area (TPSA) is 60.9 Å². The van der Waals surface area contributed by atoms with E-state index in [1.807, 2.05) is 0 Å². The monoisotopic (exact) mass is 340 g/mol. The number of aliphatic hydroxyl groups excluding tert-OH is 1. The molecule has 5 nitrogen and oxygen atoms in total. The van der Waals surface area contributed by atoms with Crippen molar-refractivity contribution < 1.29 is 27.9 Å². The van der Waals surface area contributed by atoms with Gasteiger partial charge in [0, 0.05) is 19.2 Å². The number of likely N-dealkylation sites (tertiary alicyclic amines) is 1. The molecule has 0 saturated carbocycles. The van der Waals surface area contributed by atoms with Gasteiger partial charge in [0.2, 0.25) is 0 Å². The van der Waals surface area contributed by atoms with Crippen LogP contribution in [-0.4, -0.2) is 41.0 Å². The maximum atomic E-state index is 12.6. The van der Waals surface area contributed by atoms with Crippen molar-refractivity contribution in [2.45, 2.75) is 25.1 Å². The summed E-state index contributed by atoms with van der Waals surface area (Å²) < 4.78 is 37.8. The van der Waals surface area contributed by atoms with Crippen LogP contribution in [0.15, 0.2) is 36.0 Å². The van der Waals surface area contributed by atoms with Crippen LogP contribution in [0.3, 0.4) is 0 Å². The normalized spacial score (nSPS) is 22.2. The van der Waals surface area contributed by atoms with Gasteiger partial charge in [-0.15, -0.1) is 0 Å². The summed E-state index contributed by atoms with van der Waals surface area (Å²) >= 11 is 0. The van der Waals surface area contributed by atoms with Gasteiger partial charge in [0.05, 0.1) is 17.4 Å². The molecule has 2 heterocycles. The van der Waals surface area contributed by atoms with Crippen molar-refractivity contribution in [1.82, 2.24) is 4.90 Å². The van der Waals surface area contributed by atoms with Crippen LogP contribution in [0, 0.1) is 0 Å². The zero-order valence-corrected chi connectivity index (χ0v) is 12.6. The van der Waals surface area contributed by atoms with Gasteiger partial charge in [-0.25, -0.2) is 4.90 Å². The van der Waals surface area contributed by atoms with Crippen LogP contribution in [0.1, 0.15) is 18.4 Å². The minimum atomic E-state index is -4.48. The predicted molar refractivity (Wildman–Crippen MR) is 78.8 cm³/mol. The lowest BCUT2D eigenvalue weighted by Gasteiger charge is -2.32. The van der Waals surface area contributed by atoms with E-state index in [1.165, 1.54) is 0 Å². The van der Waals surface area contributed by atoms with E-state index < -0.39 is 29.7 Å². The molecule has 0 radical (unpaired) electrons. The van der Waals surface area contributed by atoms with Crippen molar-refractivity contribution in [3.05, 3.63) is 41.6 Å². The third kappa shape index (κ3) is 3.01. The second-order valence-electron chi connectivity index (χ2n) is 5.80. The number of β-amino-alcohol motifs (C(OH)–C–C–N with tert-alkyl or cyclic N) is 1. The van der Waals surface area contributed by atoms with Crippen LogP contribution in [-0.2, 0) is 15.8 Å². The first-order chi connectivity index (χ1) is 11.3. The second kappa shape index (κ2) is 5.94. The van der Waals surface area contributed by atoms with Crippen molar-refractivity contribution in [2.75, 3.05) is 18.0 Å². The van der Waals surface area contributed by atoms with Crippen LogP contribution < -0.4 is 4.90 Å². The molecule has 2 aliphatic rings. The maximum absolute atomic E-state index is 12.6. The Hall–Kier alpha value is -2.35. The summed E-state index contributed by atoms with van der Waals surface area (Å²) in [5, 5.41) is 9.70. The number of anilines is 1. The van der Waals surface area contributed by atoms with E-state index in [2.05, 4.69) is 0 Å². The Morgan fingerprint density at radius 1 is 1.12 bits per heavy atom. The summed E-state index contributed by atoms with van der Waals surface area (Å²) in [7, 11) is 0. The third-order valence-electron chi connectivity index (χ3n) is 4.09. The van der Waals surface area contributed by atoms with E-state index in [9.17, 15) is 27.9 Å². The molecule has 1 atom stereocenters. The molecule has 1 saturated heterocycles. The molecule has 0 aliphatic carbocycles. The number of carbonyl (C=O) groups is 2. The number of amides is 2. The third-order valence-corrected chi connectivity index (χ3v) is 4.09. The van der Waals surface area contributed by atoms with Crippen LogP contribution in [0.5, 0.6) is 0 Å². The van der Waals surface area contributed by atoms with Gasteiger partial charge in [-0.2, -0.15) is 13.2 Å². The number of hydrogen-bond donors (Lipinski definition) is 1. The number of imide groups is 1. The average molecular weight is 340 g/mol. The van der Waals surface area contributed by atoms with Crippen LogP contribution >= 0.6 is 0 Å². The molecule has 1 N–H and O–H groups in total. The van der Waals surface area contributed by atoms with E-state index >= 15 is 0 Å². The highest BCUT2D eigenvalue weighted by Crippen LogP contribution is 2.32. The van der Waals surface area contributed by atoms with Crippen molar-refractivity contribution in [3.8, 4) is 0 Å². The summed E-state index contributed by atoms with van der Waals surface area (Å²) in [4.78, 5) is 27.1. The zero-order chi connectivity index (χ0) is 17.5. The number of benzene rings is 1. The molecule has 2 aliphatic heterocycles. The lowest BCUT2D eigenvalue weighted by Crippen LogP contribution is -2.41. The van der Waals surface area contributed by atoms with Crippen molar-refractivity contribution in [1.29, 1.82) is 0 Å². The van der Waals surface area contributed by atoms with Crippen molar-refractivity contribution >= 4 is 17.5 Å². The SMILES string of the molecule is O=C1C=C(N2CCC[C@H](O)C2)C(=O)N1c1ccc(C(F)(F)F)cc1. The van der Waals surface area contributed by atoms with E-state index in [0.29, 0.717) is 19.4 Å². The minimum absolute atomic E-state index is 0.0850. The second-order valence-corrected chi connectivity index (χ2v) is 5.80. The van der Waals surface area contributed by atoms with Gasteiger partial charge in [-0.3, -0.25) is 9.59 Å². The van der Waals surface area contributed by atoms with Crippen LogP contribution in [0.25, 0.3) is 0 Å². The fourth-order valence-corrected chi connectivity index (χ4v) is 2.90. The number of rotatable bonds is 2. The Morgan fingerprint density at radius 3 is 2.38 bits per heavy atom. The predicted octanol–water partition coefficient (Wildman–Crippen LogP) is 1.92. The molecule has 8 heteroatoms. The summed E-state index contributed by atoms with van der Waals surface area (Å²) in [6.45, 7) is 0.800. The summed E-state index contributed by atoms with van der Waals surface area (Å²) in [5.74, 6) is -1.19. The molecule has 0 unspecified atom stereocenters. The van der Waals surface area contributed by atoms with Gasteiger partial charge in [-0.1, -0.05) is 0 Å². The van der Waals surface area contributed by atoms with Gasteiger partial charge >= 0.3 is 6.18 Å². The Morgan fingerprint density at radius 2 is 1.79 bits per heavy atom. The van der Waals surface area contributed by atoms with Gasteiger partial charge in [0.1, 0.15) is 5.70 Å². The highest BCUT2D eigenvalue weighted by molar-refractivity contribution is 6.30. The molecule has 3 rings (SSSR count). The molecule has 24 heavy (non-hydrogen) atoms. The quantitative estimate of drug-likeness (QED) is 0.836. The number of carbonyl (C=O) groups excluding carboxylic acids is 2. The Balaban J connectivity index is 1.81. The first-order valence-corrected chi connectivity index (χ1v) is 7.48. The molecular weight excluding hydrogens is 325 g/mol. The number of halogens is 3. The number of hydrogen-bond acceptors (Lipinski definition) is 4. The average Bonchev–Trinajstić information content (AvgIpc) is 2.81. The smallest absolute Gasteiger partial charge is 0.391 e. The molecule has 0 bridgehead atoms. The molecule has 0 spiro atoms. The van der Waals surface area contributed by atoms with Gasteiger partial charge in [0.25, 0.3) is 11.8 Å². The zero-order valence-electron chi connectivity index (χ0n) is 12.6. The largest absolute Gasteiger partial charge is 0.416 e. The van der Waals surface area contributed by atoms with Crippen molar-refractivity contribution in [3.63, 3.8) is 0 Å². The Labute approximate surface area is 136 Å². The van der Waals surface area contributed by atoms with E-state index in [4.69, 9.17) is 0 Å².